The molecular formula is BiI5-5. The maximum Gasteiger partial charge on any atom is 0 e. The summed E-state index contributed by atoms with van der Waals surface area (Å²) in [6, 6.07) is 0. The van der Waals surface area contributed by atoms with Gasteiger partial charge in [0, 0.05) is 26.2 Å². The van der Waals surface area contributed by atoms with Crippen LogP contribution in [-0.2, 0) is 0 Å². The van der Waals surface area contributed by atoms with Gasteiger partial charge in [-0.25, -0.2) is 0 Å². The molecule has 0 saturated heterocycles. The monoisotopic (exact) mass is 844 g/mol. The first-order chi connectivity index (χ1) is 0. The molecule has 0 fully saturated rings. The van der Waals surface area contributed by atoms with E-state index in [1.807, 2.05) is 0 Å². The molecule has 0 nitrogen and oxygen atoms in total. The molecule has 0 aromatic heterocycles. The largest absolute Gasteiger partial charge is 1.00 e. The Kier molecular flexibility index (Phi) is 262. The van der Waals surface area contributed by atoms with Gasteiger partial charge in [-0.1, -0.05) is 0 Å². The third-order valence-electron chi connectivity index (χ3n) is 0. The minimum Gasteiger partial charge on any atom is -1.00 e. The topological polar surface area (TPSA) is 0 Å². The fraction of sp³-hybridized carbons (Fsp3) is 0. The summed E-state index contributed by atoms with van der Waals surface area (Å²) >= 11 is 0. The van der Waals surface area contributed by atoms with E-state index in [1.54, 1.807) is 0 Å². The van der Waals surface area contributed by atoms with Gasteiger partial charge in [0.1, 0.15) is 0 Å². The predicted octanol–water partition coefficient (Wildman–Crippen LogP) is -15.4. The first-order valence-electron chi connectivity index (χ1n) is 0. The van der Waals surface area contributed by atoms with Crippen molar-refractivity contribution in [3.05, 3.63) is 0 Å². The summed E-state index contributed by atoms with van der Waals surface area (Å²) in [7, 11) is 0. The van der Waals surface area contributed by atoms with Crippen LogP contribution in [0.25, 0.3) is 0 Å². The zero-order chi connectivity index (χ0) is 0. The second-order valence-corrected chi connectivity index (χ2v) is 0. The van der Waals surface area contributed by atoms with Crippen LogP contribution < -0.4 is 120 Å². The summed E-state index contributed by atoms with van der Waals surface area (Å²) in [6.45, 7) is 0. The van der Waals surface area contributed by atoms with Gasteiger partial charge in [-0.15, -0.1) is 0 Å². The Labute approximate surface area is 142 Å². The van der Waals surface area contributed by atoms with Crippen molar-refractivity contribution < 1.29 is 120 Å². The standard InChI is InChI=1S/Bi.5HI/h;5*1H/p-5. The van der Waals surface area contributed by atoms with Gasteiger partial charge in [0.05, 0.1) is 0 Å². The summed E-state index contributed by atoms with van der Waals surface area (Å²) in [6.07, 6.45) is 0. The molecule has 0 aliphatic rings. The van der Waals surface area contributed by atoms with Crippen LogP contribution in [0.4, 0.5) is 0 Å². The molecule has 0 aromatic rings. The van der Waals surface area contributed by atoms with Crippen LogP contribution in [0, 0.1) is 0 Å². The summed E-state index contributed by atoms with van der Waals surface area (Å²) in [5.41, 5.74) is 0. The van der Waals surface area contributed by atoms with E-state index < -0.39 is 0 Å². The second-order valence-electron chi connectivity index (χ2n) is 0. The zero-order valence-corrected chi connectivity index (χ0v) is 16.6. The van der Waals surface area contributed by atoms with Crippen LogP contribution in [0.2, 0.25) is 0 Å². The Morgan fingerprint density at radius 3 is 0.333 bits per heavy atom. The van der Waals surface area contributed by atoms with E-state index in [9.17, 15) is 0 Å². The number of hydrogen-bond donors (Lipinski definition) is 0. The van der Waals surface area contributed by atoms with Crippen molar-refractivity contribution in [3.63, 3.8) is 0 Å². The van der Waals surface area contributed by atoms with E-state index in [0.29, 0.717) is 0 Å². The molecule has 45 valence electrons. The SMILES string of the molecule is [Bi].[I-].[I-].[I-].[I-].[I-]. The Morgan fingerprint density at radius 2 is 0.333 bits per heavy atom. The van der Waals surface area contributed by atoms with Crippen molar-refractivity contribution in [2.75, 3.05) is 0 Å². The molecule has 0 unspecified atom stereocenters. The molecule has 0 atom stereocenters. The molecule has 0 saturated carbocycles. The number of hydrogen-bond acceptors (Lipinski definition) is 0. The van der Waals surface area contributed by atoms with Crippen molar-refractivity contribution in [2.24, 2.45) is 0 Å². The molecule has 0 rings (SSSR count). The van der Waals surface area contributed by atoms with Gasteiger partial charge in [0.2, 0.25) is 0 Å². The van der Waals surface area contributed by atoms with Crippen molar-refractivity contribution in [3.8, 4) is 0 Å². The predicted molar refractivity (Wildman–Crippen MR) is 5.75 cm³/mol. The molecule has 0 aromatic carbocycles. The Hall–Kier alpha value is 4.53. The first kappa shape index (κ1) is 46.6. The van der Waals surface area contributed by atoms with Crippen molar-refractivity contribution in [2.45, 2.75) is 0 Å². The summed E-state index contributed by atoms with van der Waals surface area (Å²) in [5, 5.41) is 0. The van der Waals surface area contributed by atoms with Crippen LogP contribution in [0.3, 0.4) is 0 Å². The molecule has 0 aliphatic carbocycles. The summed E-state index contributed by atoms with van der Waals surface area (Å²) in [5.74, 6) is 0. The second kappa shape index (κ2) is 33.8. The fourth-order valence-electron chi connectivity index (χ4n) is 0. The molecule has 0 aliphatic heterocycles. The number of rotatable bonds is 0. The Morgan fingerprint density at radius 1 is 0.333 bits per heavy atom. The molecule has 3 radical (unpaired) electrons. The van der Waals surface area contributed by atoms with Gasteiger partial charge in [0.15, 0.2) is 0 Å². The molecule has 0 amide bonds. The van der Waals surface area contributed by atoms with Crippen molar-refractivity contribution >= 4 is 26.2 Å². The van der Waals surface area contributed by atoms with Gasteiger partial charge in [-0.3, -0.25) is 0 Å². The van der Waals surface area contributed by atoms with Crippen LogP contribution in [0.1, 0.15) is 0 Å². The van der Waals surface area contributed by atoms with E-state index in [4.69, 9.17) is 0 Å². The smallest absolute Gasteiger partial charge is 0 e. The van der Waals surface area contributed by atoms with Crippen LogP contribution in [0.5, 0.6) is 0 Å². The minimum absolute atomic E-state index is 0. The Bertz CT molecular complexity index is 3.90. The van der Waals surface area contributed by atoms with E-state index >= 15 is 0 Å². The molecule has 0 heterocycles. The van der Waals surface area contributed by atoms with E-state index in [-0.39, 0.29) is 146 Å². The molecule has 0 spiro atoms. The summed E-state index contributed by atoms with van der Waals surface area (Å²) < 4.78 is 0. The zero-order valence-electron chi connectivity index (χ0n) is 2.34. The van der Waals surface area contributed by atoms with Crippen molar-refractivity contribution in [1.29, 1.82) is 0 Å². The molecule has 0 bridgehead atoms. The molecule has 6 heteroatoms. The van der Waals surface area contributed by atoms with Crippen LogP contribution in [-0.4, -0.2) is 26.2 Å². The van der Waals surface area contributed by atoms with Gasteiger partial charge >= 0.3 is 0 Å². The Balaban J connectivity index is 0. The van der Waals surface area contributed by atoms with E-state index in [0.717, 1.165) is 0 Å². The number of halogens is 5. The van der Waals surface area contributed by atoms with Crippen LogP contribution in [0.15, 0.2) is 0 Å². The van der Waals surface area contributed by atoms with Crippen LogP contribution >= 0.6 is 0 Å². The van der Waals surface area contributed by atoms with E-state index in [2.05, 4.69) is 0 Å². The normalized spacial score (nSPS) is 0. The average molecular weight is 844 g/mol. The van der Waals surface area contributed by atoms with Gasteiger partial charge in [0.25, 0.3) is 0 Å². The maximum atomic E-state index is 0. The maximum absolute atomic E-state index is 0. The average Bonchev–Trinajstić information content (AvgIpc) is 0. The van der Waals surface area contributed by atoms with Gasteiger partial charge < -0.3 is 120 Å². The van der Waals surface area contributed by atoms with Gasteiger partial charge in [-0.2, -0.15) is 0 Å². The van der Waals surface area contributed by atoms with Crippen molar-refractivity contribution in [1.82, 2.24) is 0 Å². The molecular weight excluding hydrogens is 844 g/mol. The minimum atomic E-state index is 0. The third kappa shape index (κ3) is 23.6. The quantitative estimate of drug-likeness (QED) is 0.168. The third-order valence-corrected chi connectivity index (χ3v) is 0. The summed E-state index contributed by atoms with van der Waals surface area (Å²) in [4.78, 5) is 0. The van der Waals surface area contributed by atoms with E-state index in [1.165, 1.54) is 0 Å². The fourth-order valence-corrected chi connectivity index (χ4v) is 0. The molecule has 6 heavy (non-hydrogen) atoms. The first-order valence-corrected chi connectivity index (χ1v) is 0. The van der Waals surface area contributed by atoms with Gasteiger partial charge in [-0.05, 0) is 0 Å². The molecule has 0 N–H and O–H groups in total.